The Morgan fingerprint density at radius 1 is 1.56 bits per heavy atom. The lowest BCUT2D eigenvalue weighted by Gasteiger charge is -2.01. The van der Waals surface area contributed by atoms with Crippen LogP contribution in [0.3, 0.4) is 0 Å². The highest BCUT2D eigenvalue weighted by molar-refractivity contribution is 5.87. The number of pyridine rings is 1. The Balaban J connectivity index is 2.21. The van der Waals surface area contributed by atoms with Gasteiger partial charge in [0, 0.05) is 19.3 Å². The molecule has 0 aromatic carbocycles. The van der Waals surface area contributed by atoms with Crippen LogP contribution in [0.4, 0.5) is 0 Å². The summed E-state index contributed by atoms with van der Waals surface area (Å²) < 4.78 is 6.91. The summed E-state index contributed by atoms with van der Waals surface area (Å²) in [6.45, 7) is 0. The molecule has 0 saturated carbocycles. The predicted molar refractivity (Wildman–Crippen MR) is 54.5 cm³/mol. The molecule has 0 amide bonds. The Kier molecular flexibility index (Phi) is 2.55. The summed E-state index contributed by atoms with van der Waals surface area (Å²) in [5, 5.41) is 12.7. The number of carbonyl (C=O) groups is 1. The van der Waals surface area contributed by atoms with Crippen molar-refractivity contribution in [2.45, 2.75) is 0 Å². The molecule has 0 radical (unpaired) electrons. The molecule has 0 unspecified atom stereocenters. The number of hydrogen-bond donors (Lipinski definition) is 1. The van der Waals surface area contributed by atoms with E-state index in [-0.39, 0.29) is 11.4 Å². The number of nitrogens with zero attached hydrogens (tertiary/aromatic N) is 3. The lowest BCUT2D eigenvalue weighted by Crippen LogP contribution is -1.97. The predicted octanol–water partition coefficient (Wildman–Crippen LogP) is 1.31. The summed E-state index contributed by atoms with van der Waals surface area (Å²) in [4.78, 5) is 14.6. The van der Waals surface area contributed by atoms with E-state index in [4.69, 9.17) is 9.84 Å². The SMILES string of the molecule is Cn1cc(Oc2cc(C(=O)O)ccn2)cn1. The van der Waals surface area contributed by atoms with Crippen molar-refractivity contribution in [1.29, 1.82) is 0 Å². The summed E-state index contributed by atoms with van der Waals surface area (Å²) >= 11 is 0. The van der Waals surface area contributed by atoms with E-state index < -0.39 is 5.97 Å². The lowest BCUT2D eigenvalue weighted by molar-refractivity contribution is 0.0696. The number of aromatic carboxylic acids is 1. The smallest absolute Gasteiger partial charge is 0.335 e. The van der Waals surface area contributed by atoms with Gasteiger partial charge in [-0.3, -0.25) is 4.68 Å². The fourth-order valence-electron chi connectivity index (χ4n) is 1.17. The minimum absolute atomic E-state index is 0.133. The second-order valence-corrected chi connectivity index (χ2v) is 3.14. The lowest BCUT2D eigenvalue weighted by atomic mass is 10.3. The van der Waals surface area contributed by atoms with Crippen molar-refractivity contribution >= 4 is 5.97 Å². The van der Waals surface area contributed by atoms with E-state index in [2.05, 4.69) is 10.1 Å². The third-order valence-corrected chi connectivity index (χ3v) is 1.89. The van der Waals surface area contributed by atoms with Gasteiger partial charge in [-0.05, 0) is 6.07 Å². The fraction of sp³-hybridized carbons (Fsp3) is 0.100. The Labute approximate surface area is 91.1 Å². The van der Waals surface area contributed by atoms with Gasteiger partial charge in [0.25, 0.3) is 0 Å². The average Bonchev–Trinajstić information content (AvgIpc) is 2.64. The summed E-state index contributed by atoms with van der Waals surface area (Å²) in [7, 11) is 1.76. The highest BCUT2D eigenvalue weighted by atomic mass is 16.5. The maximum Gasteiger partial charge on any atom is 0.335 e. The van der Waals surface area contributed by atoms with Crippen LogP contribution in [0.5, 0.6) is 11.6 Å². The second kappa shape index (κ2) is 4.01. The van der Waals surface area contributed by atoms with Gasteiger partial charge in [0.1, 0.15) is 0 Å². The van der Waals surface area contributed by atoms with Crippen LogP contribution in [0, 0.1) is 0 Å². The molecule has 0 aliphatic rings. The molecule has 0 saturated heterocycles. The van der Waals surface area contributed by atoms with Crippen LogP contribution in [-0.2, 0) is 7.05 Å². The van der Waals surface area contributed by atoms with Gasteiger partial charge < -0.3 is 9.84 Å². The maximum atomic E-state index is 10.7. The highest BCUT2D eigenvalue weighted by Gasteiger charge is 2.06. The van der Waals surface area contributed by atoms with Gasteiger partial charge in [0.15, 0.2) is 5.75 Å². The first-order chi connectivity index (χ1) is 7.65. The van der Waals surface area contributed by atoms with E-state index in [1.165, 1.54) is 24.5 Å². The van der Waals surface area contributed by atoms with Crippen LogP contribution in [0.25, 0.3) is 0 Å². The molecule has 0 bridgehead atoms. The van der Waals surface area contributed by atoms with E-state index in [0.717, 1.165) is 0 Å². The van der Waals surface area contributed by atoms with Crippen LogP contribution in [0.2, 0.25) is 0 Å². The number of carboxylic acid groups (broad SMARTS) is 1. The van der Waals surface area contributed by atoms with Crippen LogP contribution in [0.1, 0.15) is 10.4 Å². The van der Waals surface area contributed by atoms with Crippen LogP contribution >= 0.6 is 0 Å². The number of carboxylic acids is 1. The summed E-state index contributed by atoms with van der Waals surface area (Å²) in [5.74, 6) is -0.274. The standard InChI is InChI=1S/C10H9N3O3/c1-13-6-8(5-12-13)16-9-4-7(10(14)15)2-3-11-9/h2-6H,1H3,(H,14,15). The van der Waals surface area contributed by atoms with Crippen molar-refractivity contribution in [2.75, 3.05) is 0 Å². The number of ether oxygens (including phenoxy) is 1. The number of aryl methyl sites for hydroxylation is 1. The van der Waals surface area contributed by atoms with Crippen LogP contribution in [0.15, 0.2) is 30.7 Å². The topological polar surface area (TPSA) is 77.2 Å². The van der Waals surface area contributed by atoms with Gasteiger partial charge in [-0.25, -0.2) is 9.78 Å². The molecule has 2 rings (SSSR count). The van der Waals surface area contributed by atoms with E-state index in [1.54, 1.807) is 17.9 Å². The third kappa shape index (κ3) is 2.17. The zero-order valence-electron chi connectivity index (χ0n) is 8.49. The van der Waals surface area contributed by atoms with Gasteiger partial charge in [-0.1, -0.05) is 0 Å². The second-order valence-electron chi connectivity index (χ2n) is 3.14. The van der Waals surface area contributed by atoms with E-state index >= 15 is 0 Å². The zero-order valence-corrected chi connectivity index (χ0v) is 8.49. The summed E-state index contributed by atoms with van der Waals surface area (Å²) in [6, 6.07) is 2.76. The van der Waals surface area contributed by atoms with Gasteiger partial charge in [0.05, 0.1) is 18.0 Å². The Morgan fingerprint density at radius 3 is 3.00 bits per heavy atom. The average molecular weight is 219 g/mol. The molecular weight excluding hydrogens is 210 g/mol. The molecule has 2 aromatic heterocycles. The molecule has 6 heteroatoms. The van der Waals surface area contributed by atoms with Gasteiger partial charge >= 0.3 is 5.97 Å². The molecule has 2 heterocycles. The molecule has 0 fully saturated rings. The molecule has 1 N–H and O–H groups in total. The highest BCUT2D eigenvalue weighted by Crippen LogP contribution is 2.18. The Morgan fingerprint density at radius 2 is 2.38 bits per heavy atom. The van der Waals surface area contributed by atoms with Crippen LogP contribution < -0.4 is 4.74 Å². The van der Waals surface area contributed by atoms with Gasteiger partial charge in [0.2, 0.25) is 5.88 Å². The minimum atomic E-state index is -1.02. The number of hydrogen-bond acceptors (Lipinski definition) is 4. The quantitative estimate of drug-likeness (QED) is 0.841. The summed E-state index contributed by atoms with van der Waals surface area (Å²) in [5.41, 5.74) is 0.133. The van der Waals surface area contributed by atoms with Crippen molar-refractivity contribution in [1.82, 2.24) is 14.8 Å². The van der Waals surface area contributed by atoms with Crippen LogP contribution in [-0.4, -0.2) is 25.8 Å². The van der Waals surface area contributed by atoms with Crippen molar-refractivity contribution < 1.29 is 14.6 Å². The maximum absolute atomic E-state index is 10.7. The number of aromatic nitrogens is 3. The molecule has 6 nitrogen and oxygen atoms in total. The molecule has 82 valence electrons. The molecule has 0 aliphatic heterocycles. The molecule has 2 aromatic rings. The monoisotopic (exact) mass is 219 g/mol. The van der Waals surface area contributed by atoms with E-state index in [1.807, 2.05) is 0 Å². The van der Waals surface area contributed by atoms with E-state index in [9.17, 15) is 4.79 Å². The summed E-state index contributed by atoms with van der Waals surface area (Å²) in [6.07, 6.45) is 4.57. The first-order valence-corrected chi connectivity index (χ1v) is 4.51. The Bertz CT molecular complexity index is 522. The van der Waals surface area contributed by atoms with E-state index in [0.29, 0.717) is 5.75 Å². The van der Waals surface area contributed by atoms with Crippen molar-refractivity contribution in [3.05, 3.63) is 36.3 Å². The molecule has 0 aliphatic carbocycles. The van der Waals surface area contributed by atoms with Gasteiger partial charge in [-0.15, -0.1) is 0 Å². The molecule has 0 spiro atoms. The zero-order chi connectivity index (χ0) is 11.5. The molecular formula is C10H9N3O3. The van der Waals surface area contributed by atoms with Crippen molar-refractivity contribution in [2.24, 2.45) is 7.05 Å². The third-order valence-electron chi connectivity index (χ3n) is 1.89. The largest absolute Gasteiger partial charge is 0.478 e. The minimum Gasteiger partial charge on any atom is -0.478 e. The van der Waals surface area contributed by atoms with Crippen molar-refractivity contribution in [3.8, 4) is 11.6 Å². The first-order valence-electron chi connectivity index (χ1n) is 4.51. The Hall–Kier alpha value is -2.37. The first kappa shape index (κ1) is 10.2. The fourth-order valence-corrected chi connectivity index (χ4v) is 1.17. The van der Waals surface area contributed by atoms with Crippen molar-refractivity contribution in [3.63, 3.8) is 0 Å². The van der Waals surface area contributed by atoms with Gasteiger partial charge in [-0.2, -0.15) is 5.10 Å². The molecule has 0 atom stereocenters. The number of rotatable bonds is 3. The normalized spacial score (nSPS) is 10.1. The molecule has 16 heavy (non-hydrogen) atoms.